The topological polar surface area (TPSA) is 211 Å². The lowest BCUT2D eigenvalue weighted by Crippen LogP contribution is -2.65. The first kappa shape index (κ1) is 59.7. The van der Waals surface area contributed by atoms with Crippen LogP contribution in [0.25, 0.3) is 0 Å². The first-order chi connectivity index (χ1) is 34.1. The van der Waals surface area contributed by atoms with Crippen LogP contribution in [0.5, 0.6) is 0 Å². The van der Waals surface area contributed by atoms with Gasteiger partial charge in [0.1, 0.15) is 30.1 Å². The summed E-state index contributed by atoms with van der Waals surface area (Å²) in [6.45, 7) is 14.6. The lowest BCUT2D eigenvalue weighted by atomic mass is 9.68. The smallest absolute Gasteiger partial charge is 0.329 e. The van der Waals surface area contributed by atoms with Gasteiger partial charge < -0.3 is 47.8 Å². The lowest BCUT2D eigenvalue weighted by Gasteiger charge is -2.50. The molecule has 1 saturated carbocycles. The Bertz CT molecular complexity index is 2050. The highest BCUT2D eigenvalue weighted by atomic mass is 31.2. The molecule has 17 heteroatoms. The number of hydrogen-bond acceptors (Lipinski definition) is 15. The molecule has 2 N–H and O–H groups in total. The second kappa shape index (κ2) is 27.0. The zero-order chi connectivity index (χ0) is 53.1. The molecule has 0 radical (unpaired) electrons. The Labute approximate surface area is 428 Å². The van der Waals surface area contributed by atoms with Gasteiger partial charge in [-0.05, 0) is 107 Å². The van der Waals surface area contributed by atoms with Crippen molar-refractivity contribution in [2.24, 2.45) is 41.4 Å². The minimum Gasteiger partial charge on any atom is -0.460 e. The van der Waals surface area contributed by atoms with Crippen LogP contribution in [-0.4, -0.2) is 140 Å². The number of amides is 1. The van der Waals surface area contributed by atoms with E-state index in [4.69, 9.17) is 32.7 Å². The van der Waals surface area contributed by atoms with E-state index >= 15 is 0 Å². The van der Waals surface area contributed by atoms with E-state index in [2.05, 4.69) is 0 Å². The largest absolute Gasteiger partial charge is 0.460 e. The Morgan fingerprint density at radius 2 is 1.61 bits per heavy atom. The van der Waals surface area contributed by atoms with Crippen molar-refractivity contribution in [3.05, 3.63) is 47.6 Å². The maximum Gasteiger partial charge on any atom is 0.329 e. The molecule has 4 aliphatic heterocycles. The molecule has 1 aliphatic carbocycles. The average Bonchev–Trinajstić information content (AvgIpc) is 3.34. The molecule has 406 valence electrons. The van der Waals surface area contributed by atoms with Gasteiger partial charge in [0.15, 0.2) is 5.78 Å². The number of carbonyl (C=O) groups is 5. The van der Waals surface area contributed by atoms with E-state index in [0.717, 1.165) is 18.4 Å². The summed E-state index contributed by atoms with van der Waals surface area (Å²) in [4.78, 5) is 72.9. The predicted octanol–water partition coefficient (Wildman–Crippen LogP) is 8.06. The summed E-state index contributed by atoms with van der Waals surface area (Å²) in [5.41, 5.74) is 1.26. The number of nitrogens with zero attached hydrogens (tertiary/aromatic N) is 1. The Morgan fingerprint density at radius 1 is 0.875 bits per heavy atom. The molecule has 0 aromatic rings. The van der Waals surface area contributed by atoms with Crippen LogP contribution in [0, 0.1) is 41.4 Å². The molecule has 72 heavy (non-hydrogen) atoms. The Hall–Kier alpha value is -3.18. The molecule has 0 aromatic carbocycles. The van der Waals surface area contributed by atoms with Crippen molar-refractivity contribution in [2.45, 2.75) is 186 Å². The van der Waals surface area contributed by atoms with Crippen molar-refractivity contribution >= 4 is 36.8 Å². The molecule has 4 fully saturated rings. The molecule has 17 atom stereocenters. The standard InChI is InChI=1S/C55H86NO15P/c1-12-13-26-68-72(11,64)71-44-24-22-39(30-47(44)66-9)29-42-41-20-17-25-56-48(41)54(62)69-46(42)32-43(57)35(4)28-37(6)50(59)51(67-10)49(58)36(5)27-33(2)18-15-14-16-19-34(3)45(65-8)31-40-23-21-38(7)55(63,70-40)52(60)53(56)61/h14-16,18-19,28,33,35-36,38-42,44-48,50-51,59,63H,12-13,17,20-27,29-32H2,1-11H3/b16-14+,18-15+,34-19+,37-28+/t33-,35?,36?,38?,39?,40+,41?,42+,44-,45+,46+,47?,48?,50?,51+,55?,72?/m1/s1. The summed E-state index contributed by atoms with van der Waals surface area (Å²) in [6.07, 6.45) is 12.1. The van der Waals surface area contributed by atoms with Gasteiger partial charge in [0.25, 0.3) is 11.7 Å². The predicted molar refractivity (Wildman–Crippen MR) is 272 cm³/mol. The number of aliphatic hydroxyl groups excluding tert-OH is 1. The number of hydrogen-bond donors (Lipinski definition) is 2. The Morgan fingerprint density at radius 3 is 2.29 bits per heavy atom. The van der Waals surface area contributed by atoms with Crippen LogP contribution in [0.1, 0.15) is 132 Å². The minimum absolute atomic E-state index is 0.0101. The van der Waals surface area contributed by atoms with Gasteiger partial charge in [-0.1, -0.05) is 77.5 Å². The molecule has 5 rings (SSSR count). The van der Waals surface area contributed by atoms with Crippen LogP contribution in [0.4, 0.5) is 0 Å². The van der Waals surface area contributed by atoms with Gasteiger partial charge in [-0.3, -0.25) is 23.7 Å². The monoisotopic (exact) mass is 1030 g/mol. The zero-order valence-electron chi connectivity index (χ0n) is 44.8. The summed E-state index contributed by atoms with van der Waals surface area (Å²) in [5, 5.41) is 23.6. The summed E-state index contributed by atoms with van der Waals surface area (Å²) in [6, 6.07) is -1.16. The van der Waals surface area contributed by atoms with E-state index < -0.39 is 109 Å². The fourth-order valence-electron chi connectivity index (χ4n) is 11.7. The molecule has 16 nitrogen and oxygen atoms in total. The van der Waals surface area contributed by atoms with E-state index in [0.29, 0.717) is 76.4 Å². The quantitative estimate of drug-likeness (QED) is 0.0659. The maximum atomic E-state index is 14.6. The third kappa shape index (κ3) is 15.0. The van der Waals surface area contributed by atoms with Gasteiger partial charge in [-0.2, -0.15) is 0 Å². The first-order valence-electron chi connectivity index (χ1n) is 26.5. The number of fused-ring (bicyclic) bond motifs is 4. The van der Waals surface area contributed by atoms with E-state index in [1.54, 1.807) is 41.1 Å². The third-order valence-electron chi connectivity index (χ3n) is 16.0. The second-order valence-electron chi connectivity index (χ2n) is 21.6. The number of methoxy groups -OCH3 is 3. The Kier molecular flexibility index (Phi) is 22.4. The van der Waals surface area contributed by atoms with Crippen molar-refractivity contribution in [1.29, 1.82) is 0 Å². The SMILES string of the molecule is CCCCOP(C)(=O)O[C@@H]1CCC(C[C@H]2C3CCCN4C(=O)C(=O)C5(O)O[C@@H](CCC5C)C[C@H](OC)/C(C)=C/C=C/C=C/[C@@H](C)CC(C)C(=O)[C@H](OC)C(O)/C(C)=C/C(C)C(=O)C[C@@H]2OC(=O)C34)CC1OC. The van der Waals surface area contributed by atoms with Crippen LogP contribution in [0.3, 0.4) is 0 Å². The van der Waals surface area contributed by atoms with Crippen molar-refractivity contribution < 1.29 is 71.5 Å². The zero-order valence-corrected chi connectivity index (χ0v) is 45.7. The van der Waals surface area contributed by atoms with Crippen LogP contribution >= 0.6 is 7.60 Å². The maximum absolute atomic E-state index is 14.6. The highest BCUT2D eigenvalue weighted by Gasteiger charge is 2.57. The normalized spacial score (nSPS) is 40.6. The van der Waals surface area contributed by atoms with Gasteiger partial charge in [0, 0.05) is 71.1 Å². The fourth-order valence-corrected chi connectivity index (χ4v) is 12.9. The molecule has 1 amide bonds. The van der Waals surface area contributed by atoms with Gasteiger partial charge in [-0.15, -0.1) is 0 Å². The first-order valence-corrected chi connectivity index (χ1v) is 28.5. The van der Waals surface area contributed by atoms with Crippen LogP contribution in [0.15, 0.2) is 47.6 Å². The van der Waals surface area contributed by atoms with Gasteiger partial charge in [0.2, 0.25) is 5.79 Å². The number of ether oxygens (including phenoxy) is 5. The molecule has 0 aromatic heterocycles. The van der Waals surface area contributed by atoms with Crippen LogP contribution in [0.2, 0.25) is 0 Å². The highest BCUT2D eigenvalue weighted by molar-refractivity contribution is 7.53. The number of Topliss-reactive ketones (excluding diaryl/α,β-unsaturated/α-hetero) is 3. The van der Waals surface area contributed by atoms with E-state index in [9.17, 15) is 38.8 Å². The molecule has 0 spiro atoms. The minimum atomic E-state index is -3.38. The molecule has 4 bridgehead atoms. The number of rotatable bonds is 11. The van der Waals surface area contributed by atoms with Crippen molar-refractivity contribution in [3.63, 3.8) is 0 Å². The van der Waals surface area contributed by atoms with E-state index in [-0.39, 0.29) is 36.4 Å². The third-order valence-corrected chi connectivity index (χ3v) is 17.3. The summed E-state index contributed by atoms with van der Waals surface area (Å²) >= 11 is 0. The lowest BCUT2D eigenvalue weighted by molar-refractivity contribution is -0.266. The average molecular weight is 1030 g/mol. The molecule has 3 saturated heterocycles. The van der Waals surface area contributed by atoms with Crippen LogP contribution in [-0.2, 0) is 61.3 Å². The van der Waals surface area contributed by atoms with Crippen molar-refractivity contribution in [1.82, 2.24) is 4.90 Å². The van der Waals surface area contributed by atoms with Gasteiger partial charge in [-0.25, -0.2) is 4.79 Å². The molecule has 4 heterocycles. The summed E-state index contributed by atoms with van der Waals surface area (Å²) < 4.78 is 55.0. The van der Waals surface area contributed by atoms with Gasteiger partial charge in [0.05, 0.1) is 31.0 Å². The number of carbonyl (C=O) groups excluding carboxylic acids is 5. The number of unbranched alkanes of at least 4 members (excludes halogenated alkanes) is 1. The number of aliphatic hydroxyl groups is 2. The van der Waals surface area contributed by atoms with E-state index in [1.807, 2.05) is 58.1 Å². The highest BCUT2D eigenvalue weighted by Crippen LogP contribution is 2.50. The van der Waals surface area contributed by atoms with Gasteiger partial charge >= 0.3 is 13.6 Å². The van der Waals surface area contributed by atoms with E-state index in [1.165, 1.54) is 18.7 Å². The summed E-state index contributed by atoms with van der Waals surface area (Å²) in [5.74, 6) is -8.79. The second-order valence-corrected chi connectivity index (χ2v) is 23.6. The fraction of sp³-hybridized carbons (Fsp3) is 0.764. The molecular formula is C55H86NO15P. The number of allylic oxidation sites excluding steroid dienone is 6. The van der Waals surface area contributed by atoms with Crippen LogP contribution < -0.4 is 0 Å². The molecule has 10 unspecified atom stereocenters. The number of piperidine rings is 1. The number of esters is 1. The van der Waals surface area contributed by atoms with Crippen molar-refractivity contribution in [2.75, 3.05) is 41.1 Å². The summed E-state index contributed by atoms with van der Waals surface area (Å²) in [7, 11) is 1.16. The molecule has 5 aliphatic rings. The molecular weight excluding hydrogens is 946 g/mol. The number of ketones is 3. The Balaban J connectivity index is 1.50. The van der Waals surface area contributed by atoms with Crippen molar-refractivity contribution in [3.8, 4) is 0 Å².